The number of halogens is 1. The van der Waals surface area contributed by atoms with E-state index in [9.17, 15) is 14.3 Å². The average molecular weight is 283 g/mol. The van der Waals surface area contributed by atoms with E-state index in [1.807, 2.05) is 30.3 Å². The van der Waals surface area contributed by atoms with Gasteiger partial charge < -0.3 is 9.52 Å². The van der Waals surface area contributed by atoms with Crippen molar-refractivity contribution in [1.29, 1.82) is 0 Å². The highest BCUT2D eigenvalue weighted by molar-refractivity contribution is 5.82. The fourth-order valence-electron chi connectivity index (χ4n) is 1.98. The van der Waals surface area contributed by atoms with Crippen molar-refractivity contribution in [3.05, 3.63) is 60.1 Å². The summed E-state index contributed by atoms with van der Waals surface area (Å²) in [6.45, 7) is 0. The molecule has 0 saturated heterocycles. The maximum Gasteiger partial charge on any atom is 0.226 e. The van der Waals surface area contributed by atoms with Gasteiger partial charge in [0, 0.05) is 11.1 Å². The van der Waals surface area contributed by atoms with Gasteiger partial charge in [-0.2, -0.15) is 0 Å². The third-order valence-corrected chi connectivity index (χ3v) is 3.04. The van der Waals surface area contributed by atoms with Gasteiger partial charge in [-0.3, -0.25) is 4.79 Å². The molecule has 2 aromatic carbocycles. The molecule has 0 aliphatic rings. The number of oxazole rings is 1. The molecule has 1 heterocycles. The number of aldehydes is 1. The molecule has 5 heteroatoms. The number of aromatic hydroxyl groups is 1. The van der Waals surface area contributed by atoms with Gasteiger partial charge in [0.2, 0.25) is 5.89 Å². The van der Waals surface area contributed by atoms with Crippen molar-refractivity contribution in [2.24, 2.45) is 0 Å². The summed E-state index contributed by atoms with van der Waals surface area (Å²) in [5, 5.41) is 9.39. The number of benzene rings is 2. The van der Waals surface area contributed by atoms with Crippen molar-refractivity contribution >= 4 is 6.29 Å². The molecule has 0 amide bonds. The number of aromatic nitrogens is 1. The van der Waals surface area contributed by atoms with Gasteiger partial charge in [0.05, 0.1) is 5.56 Å². The Bertz CT molecular complexity index is 797. The van der Waals surface area contributed by atoms with E-state index in [0.717, 1.165) is 11.6 Å². The van der Waals surface area contributed by atoms with Crippen LogP contribution in [0.1, 0.15) is 10.4 Å². The van der Waals surface area contributed by atoms with Crippen LogP contribution >= 0.6 is 0 Å². The summed E-state index contributed by atoms with van der Waals surface area (Å²) in [6, 6.07) is 11.8. The normalized spacial score (nSPS) is 10.5. The molecular weight excluding hydrogens is 273 g/mol. The van der Waals surface area contributed by atoms with Gasteiger partial charge in [-0.15, -0.1) is 0 Å². The summed E-state index contributed by atoms with van der Waals surface area (Å²) < 4.78 is 18.9. The number of hydrogen-bond donors (Lipinski definition) is 1. The van der Waals surface area contributed by atoms with Gasteiger partial charge in [0.1, 0.15) is 12.0 Å². The Balaban J connectivity index is 2.05. The predicted molar refractivity (Wildman–Crippen MR) is 74.4 cm³/mol. The van der Waals surface area contributed by atoms with Crippen molar-refractivity contribution < 1.29 is 18.7 Å². The summed E-state index contributed by atoms with van der Waals surface area (Å²) in [7, 11) is 0. The van der Waals surface area contributed by atoms with Gasteiger partial charge in [-0.1, -0.05) is 30.3 Å². The molecule has 0 spiro atoms. The zero-order valence-corrected chi connectivity index (χ0v) is 10.8. The van der Waals surface area contributed by atoms with Gasteiger partial charge in [-0.25, -0.2) is 9.37 Å². The largest absolute Gasteiger partial charge is 0.504 e. The zero-order valence-electron chi connectivity index (χ0n) is 10.8. The maximum atomic E-state index is 13.6. The van der Waals surface area contributed by atoms with Crippen LogP contribution in [0.25, 0.3) is 22.7 Å². The third-order valence-electron chi connectivity index (χ3n) is 3.04. The van der Waals surface area contributed by atoms with Crippen LogP contribution in [0.15, 0.2) is 53.1 Å². The molecule has 0 unspecified atom stereocenters. The third kappa shape index (κ3) is 2.41. The SMILES string of the molecule is O=Cc1cc(-c2nc(-c3ccccc3)co2)cc(F)c1O. The Kier molecular flexibility index (Phi) is 3.23. The van der Waals surface area contributed by atoms with Gasteiger partial charge >= 0.3 is 0 Å². The zero-order chi connectivity index (χ0) is 14.8. The monoisotopic (exact) mass is 283 g/mol. The minimum atomic E-state index is -0.894. The molecule has 0 fully saturated rings. The number of hydrogen-bond acceptors (Lipinski definition) is 4. The molecular formula is C16H10FNO3. The fourth-order valence-corrected chi connectivity index (χ4v) is 1.98. The van der Waals surface area contributed by atoms with Crippen molar-refractivity contribution in [1.82, 2.24) is 4.98 Å². The molecule has 4 nitrogen and oxygen atoms in total. The molecule has 21 heavy (non-hydrogen) atoms. The van der Waals surface area contributed by atoms with Crippen LogP contribution in [-0.4, -0.2) is 16.4 Å². The van der Waals surface area contributed by atoms with Crippen LogP contribution in [0.2, 0.25) is 0 Å². The van der Waals surface area contributed by atoms with Crippen LogP contribution in [0.5, 0.6) is 5.75 Å². The number of phenolic OH excluding ortho intramolecular Hbond substituents is 1. The molecule has 0 saturated carbocycles. The number of nitrogens with zero attached hydrogens (tertiary/aromatic N) is 1. The summed E-state index contributed by atoms with van der Waals surface area (Å²) in [5.74, 6) is -1.39. The first kappa shape index (κ1) is 13.1. The number of phenols is 1. The van der Waals surface area contributed by atoms with E-state index >= 15 is 0 Å². The minimum absolute atomic E-state index is 0.149. The standard InChI is InChI=1S/C16H10FNO3/c17-13-7-11(6-12(8-19)15(13)20)16-18-14(9-21-16)10-4-2-1-3-5-10/h1-9,20H. The minimum Gasteiger partial charge on any atom is -0.504 e. The average Bonchev–Trinajstić information content (AvgIpc) is 3.00. The Hall–Kier alpha value is -2.95. The second-order valence-electron chi connectivity index (χ2n) is 4.42. The molecule has 1 N–H and O–H groups in total. The van der Waals surface area contributed by atoms with E-state index in [-0.39, 0.29) is 17.0 Å². The molecule has 3 aromatic rings. The lowest BCUT2D eigenvalue weighted by molar-refractivity contribution is 0.112. The molecule has 3 rings (SSSR count). The summed E-state index contributed by atoms with van der Waals surface area (Å²) in [6.07, 6.45) is 1.83. The number of carbonyl (C=O) groups excluding carboxylic acids is 1. The highest BCUT2D eigenvalue weighted by Crippen LogP contribution is 2.29. The second kappa shape index (κ2) is 5.20. The first-order valence-electron chi connectivity index (χ1n) is 6.18. The van der Waals surface area contributed by atoms with Crippen LogP contribution in [-0.2, 0) is 0 Å². The fraction of sp³-hybridized carbons (Fsp3) is 0. The van der Waals surface area contributed by atoms with Gasteiger partial charge in [0.15, 0.2) is 17.9 Å². The highest BCUT2D eigenvalue weighted by atomic mass is 19.1. The van der Waals surface area contributed by atoms with Crippen LogP contribution < -0.4 is 0 Å². The van der Waals surface area contributed by atoms with Crippen molar-refractivity contribution in [2.45, 2.75) is 0 Å². The van der Waals surface area contributed by atoms with Crippen molar-refractivity contribution in [3.63, 3.8) is 0 Å². The topological polar surface area (TPSA) is 63.3 Å². The lowest BCUT2D eigenvalue weighted by atomic mass is 10.1. The first-order chi connectivity index (χ1) is 10.2. The van der Waals surface area contributed by atoms with Crippen LogP contribution in [0.3, 0.4) is 0 Å². The maximum absolute atomic E-state index is 13.6. The van der Waals surface area contributed by atoms with Crippen LogP contribution in [0.4, 0.5) is 4.39 Å². The number of rotatable bonds is 3. The molecule has 0 radical (unpaired) electrons. The van der Waals surface area contributed by atoms with E-state index in [2.05, 4.69) is 4.98 Å². The lowest BCUT2D eigenvalue weighted by Crippen LogP contribution is -1.89. The second-order valence-corrected chi connectivity index (χ2v) is 4.42. The molecule has 1 aromatic heterocycles. The van der Waals surface area contributed by atoms with E-state index in [4.69, 9.17) is 4.42 Å². The first-order valence-corrected chi connectivity index (χ1v) is 6.18. The van der Waals surface area contributed by atoms with E-state index < -0.39 is 11.6 Å². The van der Waals surface area contributed by atoms with Gasteiger partial charge in [0.25, 0.3) is 0 Å². The Morgan fingerprint density at radius 2 is 1.90 bits per heavy atom. The Morgan fingerprint density at radius 1 is 1.14 bits per heavy atom. The van der Waals surface area contributed by atoms with E-state index in [1.165, 1.54) is 12.3 Å². The van der Waals surface area contributed by atoms with E-state index in [0.29, 0.717) is 12.0 Å². The quantitative estimate of drug-likeness (QED) is 0.745. The summed E-state index contributed by atoms with van der Waals surface area (Å²) in [4.78, 5) is 15.1. The molecule has 0 aliphatic carbocycles. The van der Waals surface area contributed by atoms with Crippen molar-refractivity contribution in [3.8, 4) is 28.5 Å². The summed E-state index contributed by atoms with van der Waals surface area (Å²) >= 11 is 0. The lowest BCUT2D eigenvalue weighted by Gasteiger charge is -2.01. The Morgan fingerprint density at radius 3 is 2.62 bits per heavy atom. The predicted octanol–water partition coefficient (Wildman–Crippen LogP) is 3.67. The molecule has 0 bridgehead atoms. The van der Waals surface area contributed by atoms with E-state index in [1.54, 1.807) is 0 Å². The smallest absolute Gasteiger partial charge is 0.226 e. The van der Waals surface area contributed by atoms with Gasteiger partial charge in [-0.05, 0) is 12.1 Å². The van der Waals surface area contributed by atoms with Crippen molar-refractivity contribution in [2.75, 3.05) is 0 Å². The Labute approximate surface area is 119 Å². The number of carbonyl (C=O) groups is 1. The molecule has 0 aliphatic heterocycles. The summed E-state index contributed by atoms with van der Waals surface area (Å²) in [5.41, 5.74) is 1.60. The van der Waals surface area contributed by atoms with Crippen LogP contribution in [0, 0.1) is 5.82 Å². The highest BCUT2D eigenvalue weighted by Gasteiger charge is 2.14. The molecule has 0 atom stereocenters. The molecule has 104 valence electrons.